The Bertz CT molecular complexity index is 1680. The number of carbonyl (C=O) groups is 2. The zero-order valence-corrected chi connectivity index (χ0v) is 26.8. The number of amides is 2. The number of likely N-dealkylation sites (tertiary alicyclic amines) is 1. The molecule has 3 aromatic carbocycles. The van der Waals surface area contributed by atoms with Gasteiger partial charge in [0.1, 0.15) is 5.54 Å². The first-order chi connectivity index (χ1) is 23.5. The molecule has 3 fully saturated rings. The van der Waals surface area contributed by atoms with E-state index in [1.165, 1.54) is 0 Å². The molecule has 3 atom stereocenters. The number of hydrogen-bond donors (Lipinski definition) is 3. The Hall–Kier alpha value is -4.61. The maximum Gasteiger partial charge on any atom is 0.253 e. The van der Waals surface area contributed by atoms with Gasteiger partial charge in [-0.1, -0.05) is 66.7 Å². The molecule has 1 spiro atoms. The lowest BCUT2D eigenvalue weighted by Crippen LogP contribution is -2.57. The van der Waals surface area contributed by atoms with Crippen LogP contribution in [-0.2, 0) is 27.4 Å². The highest BCUT2D eigenvalue weighted by Gasteiger charge is 2.50. The highest BCUT2D eigenvalue weighted by atomic mass is 16.7. The topological polar surface area (TPSA) is 116 Å². The van der Waals surface area contributed by atoms with Gasteiger partial charge in [0.15, 0.2) is 6.29 Å². The molecule has 2 amide bonds. The van der Waals surface area contributed by atoms with Crippen LogP contribution in [0, 0.1) is 0 Å². The Morgan fingerprint density at radius 3 is 2.35 bits per heavy atom. The molecule has 3 N–H and O–H groups in total. The highest BCUT2D eigenvalue weighted by Crippen LogP contribution is 2.40. The number of nitrogens with one attached hydrogen (secondary N) is 2. The average molecular weight is 648 g/mol. The van der Waals surface area contributed by atoms with E-state index in [9.17, 15) is 14.7 Å². The molecule has 3 aliphatic heterocycles. The number of hydrogen-bond acceptors (Lipinski definition) is 8. The van der Waals surface area contributed by atoms with Crippen molar-refractivity contribution in [1.29, 1.82) is 0 Å². The predicted octanol–water partition coefficient (Wildman–Crippen LogP) is 4.48. The number of benzene rings is 3. The Morgan fingerprint density at radius 1 is 0.917 bits per heavy atom. The fourth-order valence-corrected chi connectivity index (χ4v) is 7.03. The van der Waals surface area contributed by atoms with Crippen molar-refractivity contribution in [1.82, 2.24) is 20.5 Å². The molecule has 4 heterocycles. The minimum absolute atomic E-state index is 0.00855. The molecule has 248 valence electrons. The van der Waals surface area contributed by atoms with Crippen LogP contribution in [0.2, 0.25) is 0 Å². The third-order valence-electron chi connectivity index (χ3n) is 9.79. The number of carbonyl (C=O) groups excluding carboxylic acids is 2. The molecule has 0 bridgehead atoms. The van der Waals surface area contributed by atoms with Gasteiger partial charge in [-0.05, 0) is 53.8 Å². The van der Waals surface area contributed by atoms with E-state index < -0.39 is 11.8 Å². The third-order valence-corrected chi connectivity index (χ3v) is 9.79. The fourth-order valence-electron chi connectivity index (χ4n) is 7.03. The number of aliphatic hydroxyl groups excluding tert-OH is 1. The van der Waals surface area contributed by atoms with Crippen LogP contribution in [-0.4, -0.2) is 64.8 Å². The number of aromatic nitrogens is 1. The van der Waals surface area contributed by atoms with Gasteiger partial charge in [-0.15, -0.1) is 0 Å². The Balaban J connectivity index is 1.03. The lowest BCUT2D eigenvalue weighted by Gasteiger charge is -2.45. The quantitative estimate of drug-likeness (QED) is 0.244. The standard InChI is InChI=1S/C38H41N5O5/c44-25-28-10-12-29(13-11-28)34-21-33(24-42-19-16-38(17-20-42)37(46)41-26-43(38)32-6-2-1-3-7-32)47-36(48-34)30-14-8-27(9-15-30)22-40-35(45)31-5-4-18-39-23-31/h1-15,18,23,33-34,36,44H,16-17,19-22,24-26H2,(H,40,45)(H,41,46). The highest BCUT2D eigenvalue weighted by molar-refractivity contribution is 5.94. The number of pyridine rings is 1. The monoisotopic (exact) mass is 647 g/mol. The van der Waals surface area contributed by atoms with Crippen LogP contribution >= 0.6 is 0 Å². The summed E-state index contributed by atoms with van der Waals surface area (Å²) in [6.07, 6.45) is 4.50. The lowest BCUT2D eigenvalue weighted by atomic mass is 9.85. The fraction of sp³-hybridized carbons (Fsp3) is 0.342. The lowest BCUT2D eigenvalue weighted by molar-refractivity contribution is -0.253. The number of ether oxygens (including phenoxy) is 2. The number of rotatable bonds is 9. The SMILES string of the molecule is O=C(NCc1ccc(C2OC(CN3CCC4(CC3)C(=O)NCN4c3ccccc3)CC(c3ccc(CO)cc3)O2)cc1)c1cccnc1. The first-order valence-electron chi connectivity index (χ1n) is 16.6. The third kappa shape index (κ3) is 6.84. The van der Waals surface area contributed by atoms with Crippen LogP contribution in [0.3, 0.4) is 0 Å². The zero-order valence-electron chi connectivity index (χ0n) is 26.8. The van der Waals surface area contributed by atoms with Crippen molar-refractivity contribution in [2.45, 2.75) is 56.5 Å². The second-order valence-electron chi connectivity index (χ2n) is 12.8. The normalized spacial score (nSPS) is 22.4. The van der Waals surface area contributed by atoms with Crippen molar-refractivity contribution in [3.8, 4) is 0 Å². The molecule has 4 aromatic rings. The van der Waals surface area contributed by atoms with Gasteiger partial charge in [-0.3, -0.25) is 14.6 Å². The summed E-state index contributed by atoms with van der Waals surface area (Å²) in [6, 6.07) is 29.5. The summed E-state index contributed by atoms with van der Waals surface area (Å²) >= 11 is 0. The van der Waals surface area contributed by atoms with Crippen molar-refractivity contribution >= 4 is 17.5 Å². The van der Waals surface area contributed by atoms with Crippen LogP contribution in [0.1, 0.15) is 64.3 Å². The molecule has 3 aliphatic rings. The van der Waals surface area contributed by atoms with Crippen molar-refractivity contribution in [3.63, 3.8) is 0 Å². The van der Waals surface area contributed by atoms with Crippen molar-refractivity contribution in [2.75, 3.05) is 31.2 Å². The largest absolute Gasteiger partial charge is 0.392 e. The first kappa shape index (κ1) is 32.0. The summed E-state index contributed by atoms with van der Waals surface area (Å²) in [5.41, 5.74) is 4.81. The molecular weight excluding hydrogens is 606 g/mol. The van der Waals surface area contributed by atoms with E-state index in [4.69, 9.17) is 9.47 Å². The maximum atomic E-state index is 13.2. The van der Waals surface area contributed by atoms with Gasteiger partial charge in [-0.2, -0.15) is 0 Å². The molecule has 7 rings (SSSR count). The minimum Gasteiger partial charge on any atom is -0.392 e. The second kappa shape index (κ2) is 14.2. The smallest absolute Gasteiger partial charge is 0.253 e. The number of anilines is 1. The molecule has 3 unspecified atom stereocenters. The van der Waals surface area contributed by atoms with Gasteiger partial charge in [-0.25, -0.2) is 0 Å². The Labute approximate surface area is 280 Å². The minimum atomic E-state index is -0.574. The number of nitrogens with zero attached hydrogens (tertiary/aromatic N) is 3. The van der Waals surface area contributed by atoms with E-state index in [0.717, 1.165) is 60.4 Å². The molecule has 0 saturated carbocycles. The van der Waals surface area contributed by atoms with Crippen LogP contribution < -0.4 is 15.5 Å². The Kier molecular flexibility index (Phi) is 9.49. The van der Waals surface area contributed by atoms with Gasteiger partial charge in [0.05, 0.1) is 31.0 Å². The Morgan fingerprint density at radius 2 is 1.65 bits per heavy atom. The van der Waals surface area contributed by atoms with Gasteiger partial charge in [0.2, 0.25) is 5.91 Å². The molecule has 3 saturated heterocycles. The first-order valence-corrected chi connectivity index (χ1v) is 16.6. The maximum absolute atomic E-state index is 13.2. The summed E-state index contributed by atoms with van der Waals surface area (Å²) in [5, 5.41) is 15.6. The van der Waals surface area contributed by atoms with Gasteiger partial charge in [0, 0.05) is 56.2 Å². The van der Waals surface area contributed by atoms with Crippen molar-refractivity contribution in [3.05, 3.63) is 131 Å². The van der Waals surface area contributed by atoms with Gasteiger partial charge in [0.25, 0.3) is 5.91 Å². The molecule has 48 heavy (non-hydrogen) atoms. The number of para-hydroxylation sites is 1. The van der Waals surface area contributed by atoms with Crippen LogP contribution in [0.5, 0.6) is 0 Å². The van der Waals surface area contributed by atoms with E-state index in [-0.39, 0.29) is 30.6 Å². The van der Waals surface area contributed by atoms with Crippen molar-refractivity contribution in [2.24, 2.45) is 0 Å². The van der Waals surface area contributed by atoms with E-state index in [2.05, 4.69) is 37.6 Å². The van der Waals surface area contributed by atoms with E-state index in [1.54, 1.807) is 24.5 Å². The van der Waals surface area contributed by atoms with Crippen LogP contribution in [0.15, 0.2) is 103 Å². The predicted molar refractivity (Wildman–Crippen MR) is 181 cm³/mol. The van der Waals surface area contributed by atoms with Crippen LogP contribution in [0.25, 0.3) is 0 Å². The van der Waals surface area contributed by atoms with Crippen molar-refractivity contribution < 1.29 is 24.2 Å². The summed E-state index contributed by atoms with van der Waals surface area (Å²) in [5.74, 6) is -0.0612. The van der Waals surface area contributed by atoms with Gasteiger partial charge < -0.3 is 35.0 Å². The summed E-state index contributed by atoms with van der Waals surface area (Å²) in [6.45, 7) is 3.21. The second-order valence-corrected chi connectivity index (χ2v) is 12.8. The number of aliphatic hydroxyl groups is 1. The van der Waals surface area contributed by atoms with Crippen LogP contribution in [0.4, 0.5) is 5.69 Å². The molecule has 0 radical (unpaired) electrons. The van der Waals surface area contributed by atoms with Gasteiger partial charge >= 0.3 is 0 Å². The van der Waals surface area contributed by atoms with E-state index in [1.807, 2.05) is 66.7 Å². The zero-order chi connectivity index (χ0) is 32.9. The summed E-state index contributed by atoms with van der Waals surface area (Å²) < 4.78 is 13.2. The molecule has 10 heteroatoms. The summed E-state index contributed by atoms with van der Waals surface area (Å²) in [7, 11) is 0. The molecule has 10 nitrogen and oxygen atoms in total. The summed E-state index contributed by atoms with van der Waals surface area (Å²) in [4.78, 5) is 34.3. The van der Waals surface area contributed by atoms with E-state index in [0.29, 0.717) is 25.2 Å². The van der Waals surface area contributed by atoms with E-state index >= 15 is 0 Å². The molecule has 1 aromatic heterocycles. The number of piperidine rings is 1. The molecule has 0 aliphatic carbocycles. The average Bonchev–Trinajstić information content (AvgIpc) is 3.46. The molecular formula is C38H41N5O5.